The standard InChI is InChI=1S/C22H23N3O3/c1-5-28-22(27)19-13-23-25(16(19)4)18-11-9-17(10-12-18)21(26)24-20-14(2)7-6-8-15(20)3/h6-13H,5H2,1-4H3,(H,24,26). The van der Waals surface area contributed by atoms with Gasteiger partial charge in [0.05, 0.1) is 24.2 Å². The fourth-order valence-corrected chi connectivity index (χ4v) is 3.03. The summed E-state index contributed by atoms with van der Waals surface area (Å²) in [5.41, 5.74) is 5.29. The molecule has 28 heavy (non-hydrogen) atoms. The van der Waals surface area contributed by atoms with Crippen molar-refractivity contribution in [3.63, 3.8) is 0 Å². The Morgan fingerprint density at radius 2 is 1.68 bits per heavy atom. The SMILES string of the molecule is CCOC(=O)c1cnn(-c2ccc(C(=O)Nc3c(C)cccc3C)cc2)c1C. The predicted octanol–water partition coefficient (Wildman–Crippen LogP) is 4.23. The number of nitrogens with zero attached hydrogens (tertiary/aromatic N) is 2. The van der Waals surface area contributed by atoms with Crippen molar-refractivity contribution in [1.29, 1.82) is 0 Å². The Balaban J connectivity index is 1.80. The number of amides is 1. The number of rotatable bonds is 5. The van der Waals surface area contributed by atoms with Gasteiger partial charge in [-0.3, -0.25) is 4.79 Å². The van der Waals surface area contributed by atoms with E-state index in [2.05, 4.69) is 10.4 Å². The van der Waals surface area contributed by atoms with Crippen molar-refractivity contribution in [3.05, 3.63) is 76.6 Å². The van der Waals surface area contributed by atoms with E-state index in [0.29, 0.717) is 23.4 Å². The van der Waals surface area contributed by atoms with Crippen molar-refractivity contribution in [2.45, 2.75) is 27.7 Å². The van der Waals surface area contributed by atoms with Crippen LogP contribution in [0.15, 0.2) is 48.7 Å². The van der Waals surface area contributed by atoms with Gasteiger partial charge in [0.2, 0.25) is 0 Å². The van der Waals surface area contributed by atoms with E-state index in [0.717, 1.165) is 22.5 Å². The van der Waals surface area contributed by atoms with E-state index in [1.165, 1.54) is 6.20 Å². The lowest BCUT2D eigenvalue weighted by Gasteiger charge is -2.12. The third kappa shape index (κ3) is 3.81. The van der Waals surface area contributed by atoms with Gasteiger partial charge in [0, 0.05) is 11.3 Å². The van der Waals surface area contributed by atoms with Crippen LogP contribution in [0.5, 0.6) is 0 Å². The lowest BCUT2D eigenvalue weighted by molar-refractivity contribution is 0.0525. The summed E-state index contributed by atoms with van der Waals surface area (Å²) in [5, 5.41) is 7.25. The molecule has 1 aromatic heterocycles. The molecule has 1 heterocycles. The lowest BCUT2D eigenvalue weighted by atomic mass is 10.1. The first-order valence-electron chi connectivity index (χ1n) is 9.12. The zero-order valence-electron chi connectivity index (χ0n) is 16.4. The molecule has 0 unspecified atom stereocenters. The summed E-state index contributed by atoms with van der Waals surface area (Å²) in [5.74, 6) is -0.566. The van der Waals surface area contributed by atoms with Crippen LogP contribution in [0.1, 0.15) is 44.5 Å². The number of carbonyl (C=O) groups is 2. The van der Waals surface area contributed by atoms with Gasteiger partial charge in [-0.15, -0.1) is 0 Å². The molecule has 3 rings (SSSR count). The molecule has 0 bridgehead atoms. The number of esters is 1. The lowest BCUT2D eigenvalue weighted by Crippen LogP contribution is -2.14. The first-order valence-corrected chi connectivity index (χ1v) is 9.12. The van der Waals surface area contributed by atoms with Gasteiger partial charge >= 0.3 is 5.97 Å². The number of aromatic nitrogens is 2. The average molecular weight is 377 g/mol. The second-order valence-electron chi connectivity index (χ2n) is 6.54. The van der Waals surface area contributed by atoms with Crippen molar-refractivity contribution >= 4 is 17.6 Å². The van der Waals surface area contributed by atoms with Crippen LogP contribution in [0.25, 0.3) is 5.69 Å². The molecule has 2 aromatic carbocycles. The maximum atomic E-state index is 12.6. The maximum absolute atomic E-state index is 12.6. The molecule has 0 atom stereocenters. The summed E-state index contributed by atoms with van der Waals surface area (Å²) in [7, 11) is 0. The van der Waals surface area contributed by atoms with Crippen LogP contribution in [0.2, 0.25) is 0 Å². The fourth-order valence-electron chi connectivity index (χ4n) is 3.03. The summed E-state index contributed by atoms with van der Waals surface area (Å²) in [6.07, 6.45) is 1.49. The summed E-state index contributed by atoms with van der Waals surface area (Å²) in [4.78, 5) is 24.6. The number of ether oxygens (including phenoxy) is 1. The molecule has 0 spiro atoms. The van der Waals surface area contributed by atoms with Crippen LogP contribution in [-0.4, -0.2) is 28.3 Å². The number of anilines is 1. The van der Waals surface area contributed by atoms with Gasteiger partial charge in [-0.05, 0) is 63.1 Å². The quantitative estimate of drug-likeness (QED) is 0.676. The van der Waals surface area contributed by atoms with Crippen LogP contribution in [-0.2, 0) is 4.74 Å². The highest BCUT2D eigenvalue weighted by molar-refractivity contribution is 6.05. The first-order chi connectivity index (χ1) is 13.4. The second-order valence-corrected chi connectivity index (χ2v) is 6.54. The van der Waals surface area contributed by atoms with Crippen LogP contribution in [0, 0.1) is 20.8 Å². The minimum Gasteiger partial charge on any atom is -0.462 e. The highest BCUT2D eigenvalue weighted by Gasteiger charge is 2.16. The topological polar surface area (TPSA) is 73.2 Å². The van der Waals surface area contributed by atoms with Gasteiger partial charge < -0.3 is 10.1 Å². The number of para-hydroxylation sites is 1. The van der Waals surface area contributed by atoms with Crippen LogP contribution in [0.4, 0.5) is 5.69 Å². The Kier molecular flexibility index (Phi) is 5.59. The molecule has 0 aliphatic heterocycles. The van der Waals surface area contributed by atoms with E-state index in [1.54, 1.807) is 42.8 Å². The minimum atomic E-state index is -0.393. The van der Waals surface area contributed by atoms with E-state index in [9.17, 15) is 9.59 Å². The Hall–Kier alpha value is -3.41. The second kappa shape index (κ2) is 8.08. The minimum absolute atomic E-state index is 0.173. The van der Waals surface area contributed by atoms with Crippen molar-refractivity contribution < 1.29 is 14.3 Å². The van der Waals surface area contributed by atoms with Crippen molar-refractivity contribution in [1.82, 2.24) is 9.78 Å². The smallest absolute Gasteiger partial charge is 0.341 e. The summed E-state index contributed by atoms with van der Waals surface area (Å²) in [6.45, 7) is 7.81. The molecule has 0 fully saturated rings. The van der Waals surface area contributed by atoms with Crippen molar-refractivity contribution in [2.75, 3.05) is 11.9 Å². The van der Waals surface area contributed by atoms with E-state index in [-0.39, 0.29) is 5.91 Å². The molecule has 144 valence electrons. The van der Waals surface area contributed by atoms with E-state index in [4.69, 9.17) is 4.74 Å². The van der Waals surface area contributed by atoms with Gasteiger partial charge in [-0.2, -0.15) is 5.10 Å². The molecule has 3 aromatic rings. The summed E-state index contributed by atoms with van der Waals surface area (Å²) >= 11 is 0. The molecular weight excluding hydrogens is 354 g/mol. The molecule has 1 N–H and O–H groups in total. The number of benzene rings is 2. The Labute approximate surface area is 164 Å². The molecule has 1 amide bonds. The van der Waals surface area contributed by atoms with Gasteiger partial charge in [0.25, 0.3) is 5.91 Å². The van der Waals surface area contributed by atoms with Crippen LogP contribution < -0.4 is 5.32 Å². The maximum Gasteiger partial charge on any atom is 0.341 e. The number of aryl methyl sites for hydroxylation is 2. The van der Waals surface area contributed by atoms with E-state index in [1.807, 2.05) is 32.0 Å². The van der Waals surface area contributed by atoms with Crippen LogP contribution >= 0.6 is 0 Å². The number of hydrogen-bond acceptors (Lipinski definition) is 4. The fraction of sp³-hybridized carbons (Fsp3) is 0.227. The average Bonchev–Trinajstić information content (AvgIpc) is 3.06. The molecule has 0 saturated heterocycles. The van der Waals surface area contributed by atoms with Gasteiger partial charge in [0.15, 0.2) is 0 Å². The highest BCUT2D eigenvalue weighted by Crippen LogP contribution is 2.21. The Morgan fingerprint density at radius 3 is 2.29 bits per heavy atom. The van der Waals surface area contributed by atoms with E-state index < -0.39 is 5.97 Å². The predicted molar refractivity (Wildman–Crippen MR) is 108 cm³/mol. The van der Waals surface area contributed by atoms with Crippen molar-refractivity contribution in [3.8, 4) is 5.69 Å². The molecule has 0 saturated carbocycles. The zero-order valence-corrected chi connectivity index (χ0v) is 16.4. The Bertz CT molecular complexity index is 1000. The number of nitrogens with one attached hydrogen (secondary N) is 1. The van der Waals surface area contributed by atoms with Gasteiger partial charge in [-0.25, -0.2) is 9.48 Å². The number of hydrogen-bond donors (Lipinski definition) is 1. The molecular formula is C22H23N3O3. The van der Waals surface area contributed by atoms with Crippen LogP contribution in [0.3, 0.4) is 0 Å². The van der Waals surface area contributed by atoms with E-state index >= 15 is 0 Å². The monoisotopic (exact) mass is 377 g/mol. The molecule has 0 aliphatic carbocycles. The number of carbonyl (C=O) groups excluding carboxylic acids is 2. The molecule has 0 aliphatic rings. The zero-order chi connectivity index (χ0) is 20.3. The highest BCUT2D eigenvalue weighted by atomic mass is 16.5. The summed E-state index contributed by atoms with van der Waals surface area (Å²) < 4.78 is 6.69. The molecule has 6 heteroatoms. The Morgan fingerprint density at radius 1 is 1.04 bits per heavy atom. The largest absolute Gasteiger partial charge is 0.462 e. The first kappa shape index (κ1) is 19.4. The molecule has 0 radical (unpaired) electrons. The molecule has 6 nitrogen and oxygen atoms in total. The third-order valence-electron chi connectivity index (χ3n) is 4.60. The third-order valence-corrected chi connectivity index (χ3v) is 4.60. The van der Waals surface area contributed by atoms with Crippen molar-refractivity contribution in [2.24, 2.45) is 0 Å². The normalized spacial score (nSPS) is 10.6. The van der Waals surface area contributed by atoms with Gasteiger partial charge in [0.1, 0.15) is 5.56 Å². The summed E-state index contributed by atoms with van der Waals surface area (Å²) in [6, 6.07) is 13.0. The van der Waals surface area contributed by atoms with Gasteiger partial charge in [-0.1, -0.05) is 18.2 Å².